The lowest BCUT2D eigenvalue weighted by Crippen LogP contribution is -2.32. The lowest BCUT2D eigenvalue weighted by molar-refractivity contribution is -0.142. The molecule has 8 heteroatoms. The number of hydrogen-bond donors (Lipinski definition) is 0. The molecule has 1 amide bonds. The van der Waals surface area contributed by atoms with Crippen LogP contribution in [0.2, 0.25) is 0 Å². The minimum absolute atomic E-state index is 0.0811. The summed E-state index contributed by atoms with van der Waals surface area (Å²) in [5, 5.41) is 3.85. The Labute approximate surface area is 139 Å². The Balaban J connectivity index is 1.98. The molecule has 2 aliphatic rings. The molecule has 0 atom stereocenters. The van der Waals surface area contributed by atoms with Gasteiger partial charge in [0.15, 0.2) is 5.69 Å². The number of halogens is 3. The van der Waals surface area contributed by atoms with Crippen LogP contribution in [0.15, 0.2) is 0 Å². The number of piperidine rings is 1. The van der Waals surface area contributed by atoms with E-state index in [1.807, 2.05) is 7.05 Å². The van der Waals surface area contributed by atoms with Crippen LogP contribution >= 0.6 is 0 Å². The molecule has 2 fully saturated rings. The average Bonchev–Trinajstić information content (AvgIpc) is 3.15. The van der Waals surface area contributed by atoms with E-state index in [2.05, 4.69) is 10.00 Å². The summed E-state index contributed by atoms with van der Waals surface area (Å²) in [6.07, 6.45) is -1.45. The van der Waals surface area contributed by atoms with Crippen LogP contribution < -0.4 is 0 Å². The van der Waals surface area contributed by atoms with E-state index in [1.165, 1.54) is 9.58 Å². The Morgan fingerprint density at radius 2 is 1.71 bits per heavy atom. The minimum Gasteiger partial charge on any atom is -0.339 e. The Morgan fingerprint density at radius 3 is 2.25 bits per heavy atom. The third kappa shape index (κ3) is 3.16. The van der Waals surface area contributed by atoms with E-state index in [4.69, 9.17) is 0 Å². The van der Waals surface area contributed by atoms with Crippen molar-refractivity contribution < 1.29 is 18.0 Å². The highest BCUT2D eigenvalue weighted by atomic mass is 19.4. The van der Waals surface area contributed by atoms with Gasteiger partial charge in [-0.05, 0) is 52.7 Å². The van der Waals surface area contributed by atoms with Gasteiger partial charge in [-0.3, -0.25) is 9.48 Å². The van der Waals surface area contributed by atoms with Crippen LogP contribution in [0.4, 0.5) is 13.2 Å². The molecule has 134 valence electrons. The van der Waals surface area contributed by atoms with Crippen molar-refractivity contribution in [2.24, 2.45) is 0 Å². The molecule has 0 radical (unpaired) electrons. The number of nitrogens with zero attached hydrogens (tertiary/aromatic N) is 4. The zero-order valence-corrected chi connectivity index (χ0v) is 14.1. The number of aromatic nitrogens is 2. The monoisotopic (exact) mass is 344 g/mol. The van der Waals surface area contributed by atoms with Crippen molar-refractivity contribution in [1.82, 2.24) is 19.6 Å². The van der Waals surface area contributed by atoms with Crippen LogP contribution in [0.25, 0.3) is 0 Å². The van der Waals surface area contributed by atoms with Gasteiger partial charge in [-0.2, -0.15) is 18.3 Å². The smallest absolute Gasteiger partial charge is 0.339 e. The molecule has 1 aromatic rings. The van der Waals surface area contributed by atoms with Crippen molar-refractivity contribution in [3.05, 3.63) is 17.0 Å². The first-order valence-corrected chi connectivity index (χ1v) is 8.43. The van der Waals surface area contributed by atoms with Crippen molar-refractivity contribution in [2.45, 2.75) is 44.8 Å². The molecule has 2 saturated heterocycles. The maximum absolute atomic E-state index is 13.5. The Morgan fingerprint density at radius 1 is 1.12 bits per heavy atom. The Kier molecular flexibility index (Phi) is 4.59. The lowest BCUT2D eigenvalue weighted by atomic mass is 10.1. The fourth-order valence-electron chi connectivity index (χ4n) is 3.65. The van der Waals surface area contributed by atoms with E-state index in [0.29, 0.717) is 18.8 Å². The van der Waals surface area contributed by atoms with E-state index in [0.717, 1.165) is 38.8 Å². The minimum atomic E-state index is -4.62. The quantitative estimate of drug-likeness (QED) is 0.828. The second-order valence-corrected chi connectivity index (χ2v) is 6.79. The van der Waals surface area contributed by atoms with E-state index in [1.54, 1.807) is 6.92 Å². The molecule has 2 aliphatic heterocycles. The summed E-state index contributed by atoms with van der Waals surface area (Å²) in [4.78, 5) is 16.3. The fraction of sp³-hybridized carbons (Fsp3) is 0.750. The molecule has 5 nitrogen and oxygen atoms in total. The van der Waals surface area contributed by atoms with E-state index in [9.17, 15) is 18.0 Å². The van der Waals surface area contributed by atoms with E-state index >= 15 is 0 Å². The fourth-order valence-corrected chi connectivity index (χ4v) is 3.65. The molecule has 24 heavy (non-hydrogen) atoms. The van der Waals surface area contributed by atoms with Crippen LogP contribution in [0.1, 0.15) is 53.5 Å². The van der Waals surface area contributed by atoms with Crippen molar-refractivity contribution >= 4 is 5.91 Å². The molecule has 0 spiro atoms. The molecule has 0 aliphatic carbocycles. The first-order chi connectivity index (χ1) is 11.3. The summed E-state index contributed by atoms with van der Waals surface area (Å²) in [5.41, 5.74) is -0.951. The summed E-state index contributed by atoms with van der Waals surface area (Å²) in [5.74, 6) is -0.531. The van der Waals surface area contributed by atoms with Crippen molar-refractivity contribution in [2.75, 3.05) is 33.2 Å². The molecule has 0 saturated carbocycles. The van der Waals surface area contributed by atoms with E-state index in [-0.39, 0.29) is 11.6 Å². The molecule has 0 aromatic carbocycles. The first kappa shape index (κ1) is 17.3. The van der Waals surface area contributed by atoms with Gasteiger partial charge >= 0.3 is 6.18 Å². The third-order valence-corrected chi connectivity index (χ3v) is 5.06. The number of carbonyl (C=O) groups excluding carboxylic acids is 1. The normalized spacial score (nSPS) is 20.8. The number of amides is 1. The van der Waals surface area contributed by atoms with Gasteiger partial charge in [0.2, 0.25) is 0 Å². The SMILES string of the molecule is Cc1c(C(=O)N2CCCC2)c(C(F)(F)F)nn1C1CCN(C)CC1. The maximum atomic E-state index is 13.5. The summed E-state index contributed by atoms with van der Waals surface area (Å²) in [6.45, 7) is 4.27. The average molecular weight is 344 g/mol. The summed E-state index contributed by atoms with van der Waals surface area (Å²) in [6, 6.07) is -0.0811. The van der Waals surface area contributed by atoms with Gasteiger partial charge in [0.25, 0.3) is 5.91 Å². The number of rotatable bonds is 2. The van der Waals surface area contributed by atoms with Gasteiger partial charge in [-0.1, -0.05) is 0 Å². The highest BCUT2D eigenvalue weighted by molar-refractivity contribution is 5.96. The molecular formula is C16H23F3N4O. The van der Waals surface area contributed by atoms with Crippen LogP contribution in [0, 0.1) is 6.92 Å². The van der Waals surface area contributed by atoms with Crippen molar-refractivity contribution in [3.63, 3.8) is 0 Å². The number of alkyl halides is 3. The van der Waals surface area contributed by atoms with Gasteiger partial charge in [-0.25, -0.2) is 0 Å². The molecule has 0 bridgehead atoms. The Bertz CT molecular complexity index is 612. The van der Waals surface area contributed by atoms with Gasteiger partial charge in [0, 0.05) is 18.8 Å². The molecule has 3 rings (SSSR count). The van der Waals surface area contributed by atoms with Gasteiger partial charge in [0.1, 0.15) is 0 Å². The predicted molar refractivity (Wildman–Crippen MR) is 82.9 cm³/mol. The third-order valence-electron chi connectivity index (χ3n) is 5.06. The molecular weight excluding hydrogens is 321 g/mol. The first-order valence-electron chi connectivity index (χ1n) is 8.43. The summed E-state index contributed by atoms with van der Waals surface area (Å²) >= 11 is 0. The standard InChI is InChI=1S/C16H23F3N4O/c1-11-13(15(24)22-7-3-4-8-22)14(16(17,18)19)20-23(11)12-5-9-21(2)10-6-12/h12H,3-10H2,1-2H3. The van der Waals surface area contributed by atoms with Crippen LogP contribution in [0.5, 0.6) is 0 Å². The molecule has 0 unspecified atom stereocenters. The zero-order chi connectivity index (χ0) is 17.5. The number of carbonyl (C=O) groups is 1. The summed E-state index contributed by atoms with van der Waals surface area (Å²) in [7, 11) is 2.00. The lowest BCUT2D eigenvalue weighted by Gasteiger charge is -2.29. The van der Waals surface area contributed by atoms with Gasteiger partial charge < -0.3 is 9.80 Å². The second kappa shape index (κ2) is 6.38. The molecule has 3 heterocycles. The van der Waals surface area contributed by atoms with Crippen molar-refractivity contribution in [1.29, 1.82) is 0 Å². The van der Waals surface area contributed by atoms with E-state index < -0.39 is 17.8 Å². The number of likely N-dealkylation sites (tertiary alicyclic amines) is 2. The predicted octanol–water partition coefficient (Wildman–Crippen LogP) is 2.71. The van der Waals surface area contributed by atoms with Crippen LogP contribution in [-0.2, 0) is 6.18 Å². The zero-order valence-electron chi connectivity index (χ0n) is 14.1. The maximum Gasteiger partial charge on any atom is 0.435 e. The Hall–Kier alpha value is -1.57. The molecule has 0 N–H and O–H groups in total. The highest BCUT2D eigenvalue weighted by Gasteiger charge is 2.42. The van der Waals surface area contributed by atoms with Gasteiger partial charge in [-0.15, -0.1) is 0 Å². The van der Waals surface area contributed by atoms with Crippen LogP contribution in [-0.4, -0.2) is 58.7 Å². The second-order valence-electron chi connectivity index (χ2n) is 6.79. The molecule has 1 aromatic heterocycles. The largest absolute Gasteiger partial charge is 0.435 e. The van der Waals surface area contributed by atoms with Gasteiger partial charge in [0.05, 0.1) is 11.6 Å². The topological polar surface area (TPSA) is 41.4 Å². The summed E-state index contributed by atoms with van der Waals surface area (Å²) < 4.78 is 41.8. The highest BCUT2D eigenvalue weighted by Crippen LogP contribution is 2.36. The number of hydrogen-bond acceptors (Lipinski definition) is 3. The van der Waals surface area contributed by atoms with Crippen LogP contribution in [0.3, 0.4) is 0 Å². The van der Waals surface area contributed by atoms with Crippen molar-refractivity contribution in [3.8, 4) is 0 Å².